The number of nitrogens with one attached hydrogen (secondary N) is 1. The highest BCUT2D eigenvalue weighted by atomic mass is 16.5. The molecule has 82 valence electrons. The third-order valence-corrected chi connectivity index (χ3v) is 2.75. The van der Waals surface area contributed by atoms with E-state index in [9.17, 15) is 4.79 Å². The molecule has 0 spiro atoms. The van der Waals surface area contributed by atoms with Crippen molar-refractivity contribution in [1.82, 2.24) is 5.32 Å². The largest absolute Gasteiger partial charge is 0.465 e. The summed E-state index contributed by atoms with van der Waals surface area (Å²) < 4.78 is 5.05. The van der Waals surface area contributed by atoms with Crippen LogP contribution in [-0.4, -0.2) is 37.0 Å². The number of hydrogen-bond donors (Lipinski definition) is 3. The van der Waals surface area contributed by atoms with Crippen LogP contribution in [0.2, 0.25) is 0 Å². The van der Waals surface area contributed by atoms with Gasteiger partial charge in [0.2, 0.25) is 0 Å². The van der Waals surface area contributed by atoms with Crippen molar-refractivity contribution < 1.29 is 14.6 Å². The average molecular weight is 202 g/mol. The normalized spacial score (nSPS) is 32.6. The van der Waals surface area contributed by atoms with Gasteiger partial charge in [-0.15, -0.1) is 0 Å². The van der Waals surface area contributed by atoms with Crippen LogP contribution in [0.25, 0.3) is 0 Å². The highest BCUT2D eigenvalue weighted by Gasteiger charge is 2.28. The Labute approximate surface area is 83.6 Å². The van der Waals surface area contributed by atoms with Crippen molar-refractivity contribution in [3.63, 3.8) is 0 Å². The van der Waals surface area contributed by atoms with E-state index in [1.807, 2.05) is 0 Å². The molecule has 14 heavy (non-hydrogen) atoms. The number of amides is 1. The molecule has 0 bridgehead atoms. The predicted molar refractivity (Wildman–Crippen MR) is 52.1 cm³/mol. The van der Waals surface area contributed by atoms with Gasteiger partial charge in [-0.25, -0.2) is 4.79 Å². The number of hydrogen-bond acceptors (Lipinski definition) is 3. The standard InChI is InChI=1S/C9H18N2O3/c1-14-5-6-4-7(11-9(12)13)2-3-8(6)10/h6-8,11H,2-5,10H2,1H3,(H,12,13)/t6-,7?,8-/m0/s1. The lowest BCUT2D eigenvalue weighted by molar-refractivity contribution is 0.106. The highest BCUT2D eigenvalue weighted by Crippen LogP contribution is 2.23. The number of rotatable bonds is 3. The Morgan fingerprint density at radius 3 is 2.93 bits per heavy atom. The number of nitrogens with two attached hydrogens (primary N) is 1. The lowest BCUT2D eigenvalue weighted by Gasteiger charge is -2.33. The van der Waals surface area contributed by atoms with Gasteiger partial charge < -0.3 is 20.9 Å². The minimum atomic E-state index is -0.957. The lowest BCUT2D eigenvalue weighted by Crippen LogP contribution is -2.46. The van der Waals surface area contributed by atoms with Crippen molar-refractivity contribution in [2.45, 2.75) is 31.3 Å². The van der Waals surface area contributed by atoms with Gasteiger partial charge in [-0.3, -0.25) is 0 Å². The van der Waals surface area contributed by atoms with Crippen molar-refractivity contribution in [2.24, 2.45) is 11.7 Å². The summed E-state index contributed by atoms with van der Waals surface area (Å²) in [5.41, 5.74) is 5.90. The zero-order chi connectivity index (χ0) is 10.6. The maximum Gasteiger partial charge on any atom is 0.404 e. The van der Waals surface area contributed by atoms with Crippen LogP contribution < -0.4 is 11.1 Å². The summed E-state index contributed by atoms with van der Waals surface area (Å²) in [5.74, 6) is 0.269. The Balaban J connectivity index is 2.40. The van der Waals surface area contributed by atoms with E-state index in [1.165, 1.54) is 0 Å². The van der Waals surface area contributed by atoms with Crippen molar-refractivity contribution in [1.29, 1.82) is 0 Å². The zero-order valence-electron chi connectivity index (χ0n) is 8.40. The molecule has 0 heterocycles. The summed E-state index contributed by atoms with van der Waals surface area (Å²) in [7, 11) is 1.64. The van der Waals surface area contributed by atoms with Crippen molar-refractivity contribution >= 4 is 6.09 Å². The predicted octanol–water partition coefficient (Wildman–Crippen LogP) is 0.396. The maximum atomic E-state index is 10.4. The van der Waals surface area contributed by atoms with E-state index in [0.29, 0.717) is 6.61 Å². The fraction of sp³-hybridized carbons (Fsp3) is 0.889. The first-order valence-corrected chi connectivity index (χ1v) is 4.87. The molecule has 5 nitrogen and oxygen atoms in total. The molecule has 0 aromatic carbocycles. The minimum Gasteiger partial charge on any atom is -0.465 e. The third-order valence-electron chi connectivity index (χ3n) is 2.75. The van der Waals surface area contributed by atoms with Gasteiger partial charge in [-0.05, 0) is 25.2 Å². The molecular formula is C9H18N2O3. The summed E-state index contributed by atoms with van der Waals surface area (Å²) >= 11 is 0. The van der Waals surface area contributed by atoms with Crippen LogP contribution in [0.5, 0.6) is 0 Å². The van der Waals surface area contributed by atoms with Crippen LogP contribution in [0.15, 0.2) is 0 Å². The molecule has 1 aliphatic carbocycles. The number of methoxy groups -OCH3 is 1. The highest BCUT2D eigenvalue weighted by molar-refractivity contribution is 5.64. The molecule has 4 N–H and O–H groups in total. The molecular weight excluding hydrogens is 184 g/mol. The fourth-order valence-electron chi connectivity index (χ4n) is 2.00. The van der Waals surface area contributed by atoms with Gasteiger partial charge in [-0.1, -0.05) is 0 Å². The topological polar surface area (TPSA) is 84.6 Å². The minimum absolute atomic E-state index is 0.0347. The van der Waals surface area contributed by atoms with Crippen LogP contribution in [0.3, 0.4) is 0 Å². The van der Waals surface area contributed by atoms with Gasteiger partial charge in [0.25, 0.3) is 0 Å². The maximum absolute atomic E-state index is 10.4. The molecule has 1 saturated carbocycles. The molecule has 3 atom stereocenters. The fourth-order valence-corrected chi connectivity index (χ4v) is 2.00. The monoisotopic (exact) mass is 202 g/mol. The number of carbonyl (C=O) groups is 1. The first-order valence-electron chi connectivity index (χ1n) is 4.87. The Morgan fingerprint density at radius 1 is 1.64 bits per heavy atom. The molecule has 1 rings (SSSR count). The Hall–Kier alpha value is -0.810. The molecule has 0 saturated heterocycles. The van der Waals surface area contributed by atoms with Gasteiger partial charge in [-0.2, -0.15) is 0 Å². The SMILES string of the molecule is COC[C@@H]1CC(NC(=O)O)CC[C@@H]1N. The molecule has 5 heteroatoms. The Kier molecular flexibility index (Phi) is 4.16. The zero-order valence-corrected chi connectivity index (χ0v) is 8.40. The van der Waals surface area contributed by atoms with Gasteiger partial charge >= 0.3 is 6.09 Å². The van der Waals surface area contributed by atoms with Gasteiger partial charge in [0.05, 0.1) is 6.61 Å². The third kappa shape index (κ3) is 3.16. The molecule has 0 radical (unpaired) electrons. The van der Waals surface area contributed by atoms with E-state index in [0.717, 1.165) is 19.3 Å². The van der Waals surface area contributed by atoms with Gasteiger partial charge in [0.1, 0.15) is 0 Å². The van der Waals surface area contributed by atoms with E-state index in [2.05, 4.69) is 5.32 Å². The van der Waals surface area contributed by atoms with Crippen molar-refractivity contribution in [3.05, 3.63) is 0 Å². The summed E-state index contributed by atoms with van der Waals surface area (Å²) in [6.45, 7) is 0.610. The second-order valence-corrected chi connectivity index (χ2v) is 3.84. The molecule has 1 fully saturated rings. The first-order chi connectivity index (χ1) is 6.63. The van der Waals surface area contributed by atoms with E-state index in [4.69, 9.17) is 15.6 Å². The molecule has 1 aliphatic rings. The lowest BCUT2D eigenvalue weighted by atomic mass is 9.82. The van der Waals surface area contributed by atoms with Crippen molar-refractivity contribution in [3.8, 4) is 0 Å². The molecule has 0 aromatic rings. The molecule has 0 aromatic heterocycles. The Bertz CT molecular complexity index is 198. The van der Waals surface area contributed by atoms with Crippen molar-refractivity contribution in [2.75, 3.05) is 13.7 Å². The summed E-state index contributed by atoms with van der Waals surface area (Å²) in [6, 6.07) is 0.175. The van der Waals surface area contributed by atoms with E-state index in [1.54, 1.807) is 7.11 Å². The first kappa shape index (κ1) is 11.3. The average Bonchev–Trinajstić information content (AvgIpc) is 2.10. The quantitative estimate of drug-likeness (QED) is 0.618. The summed E-state index contributed by atoms with van der Waals surface area (Å²) in [4.78, 5) is 10.4. The number of ether oxygens (including phenoxy) is 1. The molecule has 1 unspecified atom stereocenters. The summed E-state index contributed by atoms with van der Waals surface area (Å²) in [5, 5.41) is 11.1. The van der Waals surface area contributed by atoms with E-state index >= 15 is 0 Å². The van der Waals surface area contributed by atoms with Crippen LogP contribution >= 0.6 is 0 Å². The second-order valence-electron chi connectivity index (χ2n) is 3.84. The smallest absolute Gasteiger partial charge is 0.404 e. The van der Waals surface area contributed by atoms with Crippen LogP contribution in [0, 0.1) is 5.92 Å². The van der Waals surface area contributed by atoms with E-state index in [-0.39, 0.29) is 18.0 Å². The van der Waals surface area contributed by atoms with Gasteiger partial charge in [0, 0.05) is 19.2 Å². The molecule has 0 aliphatic heterocycles. The van der Waals surface area contributed by atoms with Crippen LogP contribution in [0.1, 0.15) is 19.3 Å². The molecule has 1 amide bonds. The van der Waals surface area contributed by atoms with Gasteiger partial charge in [0.15, 0.2) is 0 Å². The van der Waals surface area contributed by atoms with Crippen LogP contribution in [-0.2, 0) is 4.74 Å². The van der Waals surface area contributed by atoms with E-state index < -0.39 is 6.09 Å². The second kappa shape index (κ2) is 5.17. The Morgan fingerprint density at radius 2 is 2.36 bits per heavy atom. The summed E-state index contributed by atoms with van der Waals surface area (Å²) in [6.07, 6.45) is 1.51. The number of carboxylic acid groups (broad SMARTS) is 1. The van der Waals surface area contributed by atoms with Crippen LogP contribution in [0.4, 0.5) is 4.79 Å².